The topological polar surface area (TPSA) is 113 Å². The van der Waals surface area contributed by atoms with Crippen LogP contribution in [0.25, 0.3) is 0 Å². The first kappa shape index (κ1) is 25.4. The Bertz CT molecular complexity index is 821. The van der Waals surface area contributed by atoms with Crippen molar-refractivity contribution < 1.29 is 22.8 Å². The van der Waals surface area contributed by atoms with E-state index in [-0.39, 0.29) is 11.8 Å². The summed E-state index contributed by atoms with van der Waals surface area (Å²) < 4.78 is 26.8. The molecule has 2 saturated carbocycles. The van der Waals surface area contributed by atoms with Crippen molar-refractivity contribution in [3.63, 3.8) is 0 Å². The van der Waals surface area contributed by atoms with Crippen LogP contribution in [0, 0.1) is 11.8 Å². The molecule has 0 bridgehead atoms. The number of carbonyl (C=O) groups excluding carboxylic acids is 3. The molecule has 3 amide bonds. The van der Waals surface area contributed by atoms with Gasteiger partial charge in [0.05, 0.1) is 5.25 Å². The van der Waals surface area contributed by atoms with Crippen LogP contribution in [0.5, 0.6) is 0 Å². The van der Waals surface area contributed by atoms with Gasteiger partial charge in [-0.1, -0.05) is 39.3 Å². The minimum absolute atomic E-state index is 0.255. The lowest BCUT2D eigenvalue weighted by atomic mass is 10.0. The largest absolute Gasteiger partial charge is 0.339 e. The van der Waals surface area contributed by atoms with Gasteiger partial charge >= 0.3 is 0 Å². The predicted octanol–water partition coefficient (Wildman–Crippen LogP) is 2.11. The second kappa shape index (κ2) is 10.1. The van der Waals surface area contributed by atoms with Crippen molar-refractivity contribution in [3.8, 4) is 0 Å². The summed E-state index contributed by atoms with van der Waals surface area (Å²) >= 11 is 0. The molecule has 2 aliphatic carbocycles. The molecule has 8 nitrogen and oxygen atoms in total. The molecular formula is C22H37N3O5S. The molecule has 0 aliphatic heterocycles. The van der Waals surface area contributed by atoms with E-state index in [1.165, 1.54) is 11.8 Å². The molecule has 0 radical (unpaired) electrons. The Morgan fingerprint density at radius 3 is 2.35 bits per heavy atom. The molecule has 2 rings (SSSR count). The number of nitrogens with one attached hydrogen (secondary N) is 2. The number of sulfonamides is 1. The van der Waals surface area contributed by atoms with E-state index in [9.17, 15) is 22.8 Å². The maximum Gasteiger partial charge on any atom is 0.259 e. The number of hydrogen-bond acceptors (Lipinski definition) is 5. The first-order chi connectivity index (χ1) is 14.5. The molecule has 0 spiro atoms. The number of likely N-dealkylation sites (N-methyl/N-ethyl adjacent to an activating group) is 1. The van der Waals surface area contributed by atoms with E-state index in [4.69, 9.17) is 0 Å². The average molecular weight is 456 g/mol. The molecule has 9 heteroatoms. The van der Waals surface area contributed by atoms with Crippen molar-refractivity contribution in [1.29, 1.82) is 0 Å². The van der Waals surface area contributed by atoms with Crippen molar-refractivity contribution in [3.05, 3.63) is 12.2 Å². The van der Waals surface area contributed by atoms with Crippen molar-refractivity contribution >= 4 is 27.7 Å². The lowest BCUT2D eigenvalue weighted by Gasteiger charge is -2.28. The van der Waals surface area contributed by atoms with E-state index in [1.807, 2.05) is 12.2 Å². The normalized spacial score (nSPS) is 25.0. The van der Waals surface area contributed by atoms with Gasteiger partial charge < -0.3 is 10.2 Å². The quantitative estimate of drug-likeness (QED) is 0.438. The van der Waals surface area contributed by atoms with Crippen LogP contribution in [0.3, 0.4) is 0 Å². The number of nitrogens with zero attached hydrogens (tertiary/aromatic N) is 1. The minimum atomic E-state index is -3.72. The van der Waals surface area contributed by atoms with E-state index >= 15 is 0 Å². The molecule has 0 aromatic heterocycles. The zero-order chi connectivity index (χ0) is 23.4. The van der Waals surface area contributed by atoms with Gasteiger partial charge in [-0.25, -0.2) is 8.42 Å². The van der Waals surface area contributed by atoms with E-state index in [0.717, 1.165) is 19.3 Å². The summed E-state index contributed by atoms with van der Waals surface area (Å²) in [5.74, 6) is -1.07. The summed E-state index contributed by atoms with van der Waals surface area (Å²) in [4.78, 5) is 39.0. The van der Waals surface area contributed by atoms with Gasteiger partial charge in [-0.15, -0.1) is 0 Å². The summed E-state index contributed by atoms with van der Waals surface area (Å²) in [6.07, 6.45) is 8.71. The number of carbonyl (C=O) groups is 3. The van der Waals surface area contributed by atoms with E-state index in [0.29, 0.717) is 31.6 Å². The number of hydrogen-bond donors (Lipinski definition) is 2. The van der Waals surface area contributed by atoms with E-state index in [2.05, 4.69) is 23.9 Å². The lowest BCUT2D eigenvalue weighted by Crippen LogP contribution is -2.57. The Balaban J connectivity index is 2.15. The van der Waals surface area contributed by atoms with Crippen molar-refractivity contribution in [2.24, 2.45) is 11.8 Å². The number of rotatable bonds is 12. The maximum atomic E-state index is 13.0. The van der Waals surface area contributed by atoms with Crippen LogP contribution in [0.4, 0.5) is 0 Å². The second-order valence-corrected chi connectivity index (χ2v) is 11.0. The van der Waals surface area contributed by atoms with Crippen LogP contribution in [-0.2, 0) is 24.4 Å². The van der Waals surface area contributed by atoms with Gasteiger partial charge in [0.15, 0.2) is 0 Å². The molecule has 2 N–H and O–H groups in total. The smallest absolute Gasteiger partial charge is 0.259 e. The van der Waals surface area contributed by atoms with Crippen molar-refractivity contribution in [2.75, 3.05) is 7.05 Å². The molecule has 4 unspecified atom stereocenters. The van der Waals surface area contributed by atoms with E-state index < -0.39 is 38.7 Å². The summed E-state index contributed by atoms with van der Waals surface area (Å²) in [6.45, 7) is 7.48. The van der Waals surface area contributed by atoms with Gasteiger partial charge in [-0.2, -0.15) is 0 Å². The van der Waals surface area contributed by atoms with Gasteiger partial charge in [0.25, 0.3) is 5.91 Å². The third kappa shape index (κ3) is 6.30. The van der Waals surface area contributed by atoms with Gasteiger partial charge in [0.2, 0.25) is 21.8 Å². The van der Waals surface area contributed by atoms with Crippen LogP contribution in [0.1, 0.15) is 72.6 Å². The highest BCUT2D eigenvalue weighted by Crippen LogP contribution is 2.45. The molecule has 176 valence electrons. The minimum Gasteiger partial charge on any atom is -0.339 e. The summed E-state index contributed by atoms with van der Waals surface area (Å²) in [7, 11) is -2.18. The summed E-state index contributed by atoms with van der Waals surface area (Å²) in [5.41, 5.74) is -1.29. The van der Waals surface area contributed by atoms with Crippen LogP contribution >= 0.6 is 0 Å². The summed E-state index contributed by atoms with van der Waals surface area (Å²) in [6, 6.07) is -0.724. The average Bonchev–Trinajstić information content (AvgIpc) is 3.60. The van der Waals surface area contributed by atoms with Gasteiger partial charge in [-0.3, -0.25) is 19.1 Å². The molecule has 4 atom stereocenters. The third-order valence-electron chi connectivity index (χ3n) is 6.51. The second-order valence-electron chi connectivity index (χ2n) is 9.02. The number of amides is 3. The molecule has 2 aliphatic rings. The molecule has 0 heterocycles. The molecule has 0 aromatic carbocycles. The Morgan fingerprint density at radius 2 is 1.84 bits per heavy atom. The van der Waals surface area contributed by atoms with E-state index in [1.54, 1.807) is 14.0 Å². The Labute approximate surface area is 186 Å². The first-order valence-electron chi connectivity index (χ1n) is 11.3. The fourth-order valence-electron chi connectivity index (χ4n) is 3.67. The highest BCUT2D eigenvalue weighted by atomic mass is 32.2. The summed E-state index contributed by atoms with van der Waals surface area (Å²) in [5, 5.41) is 2.26. The van der Waals surface area contributed by atoms with Crippen LogP contribution < -0.4 is 10.0 Å². The zero-order valence-electron chi connectivity index (χ0n) is 19.3. The Morgan fingerprint density at radius 1 is 1.19 bits per heavy atom. The molecule has 0 saturated heterocycles. The van der Waals surface area contributed by atoms with Gasteiger partial charge in [0.1, 0.15) is 11.6 Å². The van der Waals surface area contributed by atoms with Gasteiger partial charge in [0, 0.05) is 19.9 Å². The molecule has 2 fully saturated rings. The van der Waals surface area contributed by atoms with Crippen LogP contribution in [0.2, 0.25) is 0 Å². The highest BCUT2D eigenvalue weighted by Gasteiger charge is 2.61. The first-order valence-corrected chi connectivity index (χ1v) is 12.8. The Hall–Kier alpha value is -1.90. The molecular weight excluding hydrogens is 418 g/mol. The fourth-order valence-corrected chi connectivity index (χ4v) is 5.03. The predicted molar refractivity (Wildman–Crippen MR) is 119 cm³/mol. The Kier molecular flexibility index (Phi) is 8.30. The fraction of sp³-hybridized carbons (Fsp3) is 0.773. The SMILES string of the molecule is CCC(C)CCC=CC1CC1(NC(=O)C(CC)N(C)C(C)=O)C(=O)NS(=O)(=O)C1CC1. The van der Waals surface area contributed by atoms with Crippen molar-refractivity contribution in [2.45, 2.75) is 89.5 Å². The lowest BCUT2D eigenvalue weighted by molar-refractivity contribution is -0.139. The van der Waals surface area contributed by atoms with Gasteiger partial charge in [-0.05, 0) is 44.4 Å². The van der Waals surface area contributed by atoms with Crippen molar-refractivity contribution in [1.82, 2.24) is 14.9 Å². The highest BCUT2D eigenvalue weighted by molar-refractivity contribution is 7.91. The van der Waals surface area contributed by atoms with Crippen LogP contribution in [-0.4, -0.2) is 54.9 Å². The van der Waals surface area contributed by atoms with Crippen LogP contribution in [0.15, 0.2) is 12.2 Å². The third-order valence-corrected chi connectivity index (χ3v) is 8.33. The monoisotopic (exact) mass is 455 g/mol. The zero-order valence-corrected chi connectivity index (χ0v) is 20.1. The number of allylic oxidation sites excluding steroid dienone is 1. The standard InChI is InChI=1S/C22H37N3O5S/c1-6-15(3)10-8-9-11-17-14-22(17,21(28)24-31(29,30)18-12-13-18)23-20(27)19(7-2)25(5)16(4)26/h9,11,15,17-19H,6-8,10,12-14H2,1-5H3,(H,23,27)(H,24,28). The molecule has 31 heavy (non-hydrogen) atoms. The molecule has 0 aromatic rings. The maximum absolute atomic E-state index is 13.0.